The average Bonchev–Trinajstić information content (AvgIpc) is 3.13. The Morgan fingerprint density at radius 3 is 2.48 bits per heavy atom. The quantitative estimate of drug-likeness (QED) is 0.551. The number of nitrogens with zero attached hydrogens (tertiary/aromatic N) is 6. The number of hydrogen-bond donors (Lipinski definition) is 0. The van der Waals surface area contributed by atoms with E-state index in [0.717, 1.165) is 5.56 Å². The summed E-state index contributed by atoms with van der Waals surface area (Å²) in [5, 5.41) is 8.21. The fourth-order valence-electron chi connectivity index (χ4n) is 3.68. The van der Waals surface area contributed by atoms with Gasteiger partial charge in [0.1, 0.15) is 10.6 Å². The van der Waals surface area contributed by atoms with Gasteiger partial charge in [0.2, 0.25) is 10.0 Å². The van der Waals surface area contributed by atoms with E-state index in [1.165, 1.54) is 15.1 Å². The maximum Gasteiger partial charge on any atom is 0.266 e. The lowest BCUT2D eigenvalue weighted by atomic mass is 10.2. The second-order valence-corrected chi connectivity index (χ2v) is 9.30. The highest BCUT2D eigenvalue weighted by atomic mass is 32.2. The van der Waals surface area contributed by atoms with Crippen LogP contribution in [-0.4, -0.2) is 70.3 Å². The third kappa shape index (κ3) is 4.43. The topological polar surface area (TPSA) is 114 Å². The molecule has 0 aliphatic carbocycles. The van der Waals surface area contributed by atoms with E-state index in [1.807, 2.05) is 12.1 Å². The van der Waals surface area contributed by atoms with Gasteiger partial charge in [-0.15, -0.1) is 0 Å². The molecular weight excluding hydrogens is 420 g/mol. The van der Waals surface area contributed by atoms with Crippen molar-refractivity contribution >= 4 is 10.0 Å². The van der Waals surface area contributed by atoms with Crippen LogP contribution in [0, 0.1) is 13.8 Å². The van der Waals surface area contributed by atoms with Gasteiger partial charge in [0.15, 0.2) is 5.76 Å². The van der Waals surface area contributed by atoms with Crippen LogP contribution >= 0.6 is 0 Å². The molecule has 3 aromatic rings. The number of piperazine rings is 1. The number of sulfonamides is 1. The molecule has 164 valence electrons. The molecule has 0 unspecified atom stereocenters. The molecule has 0 bridgehead atoms. The summed E-state index contributed by atoms with van der Waals surface area (Å²) in [5.41, 5.74) is 1.73. The Balaban J connectivity index is 1.39. The first-order valence-corrected chi connectivity index (χ1v) is 11.4. The minimum Gasteiger partial charge on any atom is -0.360 e. The van der Waals surface area contributed by atoms with Crippen molar-refractivity contribution in [2.24, 2.45) is 0 Å². The summed E-state index contributed by atoms with van der Waals surface area (Å²) in [4.78, 5) is 18.6. The Hall–Kier alpha value is -2.89. The zero-order chi connectivity index (χ0) is 22.0. The highest BCUT2D eigenvalue weighted by molar-refractivity contribution is 7.89. The third-order valence-corrected chi connectivity index (χ3v) is 7.49. The lowest BCUT2D eigenvalue weighted by Gasteiger charge is -2.33. The molecule has 1 fully saturated rings. The summed E-state index contributed by atoms with van der Waals surface area (Å²) in [6.45, 7) is 6.12. The van der Waals surface area contributed by atoms with Gasteiger partial charge in [-0.2, -0.15) is 9.40 Å². The molecule has 0 saturated carbocycles. The van der Waals surface area contributed by atoms with Crippen LogP contribution in [0.2, 0.25) is 0 Å². The van der Waals surface area contributed by atoms with Crippen molar-refractivity contribution in [1.82, 2.24) is 29.1 Å². The zero-order valence-corrected chi connectivity index (χ0v) is 18.2. The lowest BCUT2D eigenvalue weighted by molar-refractivity contribution is 0.180. The molecule has 0 N–H and O–H groups in total. The van der Waals surface area contributed by atoms with E-state index >= 15 is 0 Å². The van der Waals surface area contributed by atoms with E-state index in [4.69, 9.17) is 4.52 Å². The van der Waals surface area contributed by atoms with Crippen LogP contribution in [0.3, 0.4) is 0 Å². The van der Waals surface area contributed by atoms with Crippen molar-refractivity contribution in [1.29, 1.82) is 0 Å². The van der Waals surface area contributed by atoms with E-state index in [0.29, 0.717) is 56.4 Å². The monoisotopic (exact) mass is 444 g/mol. The molecule has 0 spiro atoms. The number of aromatic nitrogens is 4. The van der Waals surface area contributed by atoms with Gasteiger partial charge in [0.05, 0.1) is 12.2 Å². The van der Waals surface area contributed by atoms with Crippen LogP contribution in [0.15, 0.2) is 50.9 Å². The maximum atomic E-state index is 12.9. The van der Waals surface area contributed by atoms with Gasteiger partial charge >= 0.3 is 0 Å². The average molecular weight is 445 g/mol. The maximum absolute atomic E-state index is 12.9. The zero-order valence-electron chi connectivity index (χ0n) is 17.4. The standard InChI is InChI=1S/C20H24N6O4S/c1-15-20(16(2)30-23-15)31(28,29)25-11-8-24(9-12-25)10-13-26-19(27)6-5-18(22-26)17-4-3-7-21-14-17/h3-7,14H,8-13H2,1-2H3. The van der Waals surface area contributed by atoms with Crippen molar-refractivity contribution in [3.05, 3.63) is 58.5 Å². The molecule has 10 nitrogen and oxygen atoms in total. The van der Waals surface area contributed by atoms with Gasteiger partial charge in [-0.25, -0.2) is 13.1 Å². The summed E-state index contributed by atoms with van der Waals surface area (Å²) in [7, 11) is -3.64. The molecule has 11 heteroatoms. The lowest BCUT2D eigenvalue weighted by Crippen LogP contribution is -2.49. The second kappa shape index (κ2) is 8.69. The summed E-state index contributed by atoms with van der Waals surface area (Å²) >= 11 is 0. The van der Waals surface area contributed by atoms with Gasteiger partial charge in [-0.3, -0.25) is 14.7 Å². The summed E-state index contributed by atoms with van der Waals surface area (Å²) in [6.07, 6.45) is 3.39. The van der Waals surface area contributed by atoms with Crippen LogP contribution < -0.4 is 5.56 Å². The van der Waals surface area contributed by atoms with Gasteiger partial charge < -0.3 is 4.52 Å². The predicted molar refractivity (Wildman–Crippen MR) is 113 cm³/mol. The number of hydrogen-bond acceptors (Lipinski definition) is 8. The molecule has 1 saturated heterocycles. The number of rotatable bonds is 6. The van der Waals surface area contributed by atoms with Crippen molar-refractivity contribution in [3.8, 4) is 11.3 Å². The number of aryl methyl sites for hydroxylation is 2. The van der Waals surface area contributed by atoms with Crippen molar-refractivity contribution in [3.63, 3.8) is 0 Å². The van der Waals surface area contributed by atoms with Crippen LogP contribution in [0.4, 0.5) is 0 Å². The molecule has 0 amide bonds. The molecule has 4 heterocycles. The van der Waals surface area contributed by atoms with Crippen molar-refractivity contribution in [2.75, 3.05) is 32.7 Å². The predicted octanol–water partition coefficient (Wildman–Crippen LogP) is 0.917. The van der Waals surface area contributed by atoms with E-state index in [2.05, 4.69) is 20.1 Å². The summed E-state index contributed by atoms with van der Waals surface area (Å²) in [5.74, 6) is 0.305. The molecule has 4 rings (SSSR count). The summed E-state index contributed by atoms with van der Waals surface area (Å²) in [6, 6.07) is 6.91. The highest BCUT2D eigenvalue weighted by Crippen LogP contribution is 2.24. The Labute approximate surface area is 180 Å². The smallest absolute Gasteiger partial charge is 0.266 e. The third-order valence-electron chi connectivity index (χ3n) is 5.35. The van der Waals surface area contributed by atoms with Gasteiger partial charge in [-0.1, -0.05) is 5.16 Å². The Kier molecular flexibility index (Phi) is 5.99. The molecule has 3 aromatic heterocycles. The Morgan fingerprint density at radius 1 is 1.06 bits per heavy atom. The normalized spacial score (nSPS) is 15.9. The van der Waals surface area contributed by atoms with Crippen LogP contribution in [0.5, 0.6) is 0 Å². The number of pyridine rings is 1. The molecule has 1 aliphatic rings. The Bertz CT molecular complexity index is 1190. The molecule has 0 radical (unpaired) electrons. The van der Waals surface area contributed by atoms with Gasteiger partial charge in [0.25, 0.3) is 5.56 Å². The molecule has 1 aliphatic heterocycles. The first-order valence-electron chi connectivity index (χ1n) is 10.0. The molecular formula is C20H24N6O4S. The minimum atomic E-state index is -3.64. The summed E-state index contributed by atoms with van der Waals surface area (Å²) < 4.78 is 33.8. The molecule has 31 heavy (non-hydrogen) atoms. The Morgan fingerprint density at radius 2 is 1.84 bits per heavy atom. The van der Waals surface area contributed by atoms with Gasteiger partial charge in [0, 0.05) is 56.7 Å². The molecule has 0 aromatic carbocycles. The highest BCUT2D eigenvalue weighted by Gasteiger charge is 2.33. The van der Waals surface area contributed by atoms with Crippen molar-refractivity contribution < 1.29 is 12.9 Å². The van der Waals surface area contributed by atoms with Crippen LogP contribution in [0.25, 0.3) is 11.3 Å². The van der Waals surface area contributed by atoms with E-state index in [9.17, 15) is 13.2 Å². The van der Waals surface area contributed by atoms with E-state index in [-0.39, 0.29) is 10.5 Å². The van der Waals surface area contributed by atoms with Crippen LogP contribution in [0.1, 0.15) is 11.5 Å². The fraction of sp³-hybridized carbons (Fsp3) is 0.400. The van der Waals surface area contributed by atoms with Crippen molar-refractivity contribution in [2.45, 2.75) is 25.3 Å². The minimum absolute atomic E-state index is 0.156. The molecule has 0 atom stereocenters. The first-order chi connectivity index (χ1) is 14.9. The second-order valence-electron chi connectivity index (χ2n) is 7.42. The SMILES string of the molecule is Cc1noc(C)c1S(=O)(=O)N1CCN(CCn2nc(-c3cccnc3)ccc2=O)CC1. The van der Waals surface area contributed by atoms with Crippen LogP contribution in [-0.2, 0) is 16.6 Å². The largest absolute Gasteiger partial charge is 0.360 e. The fourth-order valence-corrected chi connectivity index (χ4v) is 5.39. The van der Waals surface area contributed by atoms with E-state index < -0.39 is 10.0 Å². The first kappa shape index (κ1) is 21.3. The van der Waals surface area contributed by atoms with E-state index in [1.54, 1.807) is 32.3 Å². The van der Waals surface area contributed by atoms with Gasteiger partial charge in [-0.05, 0) is 32.0 Å².